The summed E-state index contributed by atoms with van der Waals surface area (Å²) in [5.41, 5.74) is 2.18. The lowest BCUT2D eigenvalue weighted by Crippen LogP contribution is -2.48. The Balaban J connectivity index is 1.78. The van der Waals surface area contributed by atoms with Gasteiger partial charge < -0.3 is 9.47 Å². The zero-order valence-corrected chi connectivity index (χ0v) is 20.0. The zero-order valence-electron chi connectivity index (χ0n) is 18.4. The summed E-state index contributed by atoms with van der Waals surface area (Å²) in [6.07, 6.45) is -0.534. The minimum Gasteiger partial charge on any atom is -0.454 e. The van der Waals surface area contributed by atoms with Crippen LogP contribution in [0, 0.1) is 13.8 Å². The number of aryl methyl sites for hydroxylation is 2. The molecule has 0 N–H and O–H groups in total. The van der Waals surface area contributed by atoms with Crippen molar-refractivity contribution in [3.05, 3.63) is 63.7 Å². The van der Waals surface area contributed by atoms with E-state index in [4.69, 9.17) is 21.1 Å². The summed E-state index contributed by atoms with van der Waals surface area (Å²) in [5, 5.41) is -0.000176. The second-order valence-corrected chi connectivity index (χ2v) is 10.4. The number of sulfonamides is 1. The summed E-state index contributed by atoms with van der Waals surface area (Å²) in [4.78, 5) is 24.9. The van der Waals surface area contributed by atoms with Gasteiger partial charge in [0.15, 0.2) is 6.61 Å². The first kappa shape index (κ1) is 24.4. The number of rotatable bonds is 6. The van der Waals surface area contributed by atoms with Crippen LogP contribution >= 0.6 is 11.6 Å². The second-order valence-electron chi connectivity index (χ2n) is 8.04. The summed E-state index contributed by atoms with van der Waals surface area (Å²) in [5.74, 6) is -1.14. The van der Waals surface area contributed by atoms with Crippen LogP contribution in [0.4, 0.5) is 0 Å². The minimum absolute atomic E-state index is 0.000176. The lowest BCUT2D eigenvalue weighted by atomic mass is 10.0. The topological polar surface area (TPSA) is 90.0 Å². The molecule has 1 aliphatic rings. The SMILES string of the molecule is Cc1ccc(C)c(C(=O)COC(=O)c2ccc(Cl)c(S(=O)(=O)N3CC(C)OC(C)C3)c2)c1. The molecule has 0 bridgehead atoms. The molecule has 9 heteroatoms. The van der Waals surface area contributed by atoms with Crippen LogP contribution < -0.4 is 0 Å². The van der Waals surface area contributed by atoms with Crippen molar-refractivity contribution in [3.63, 3.8) is 0 Å². The van der Waals surface area contributed by atoms with Crippen molar-refractivity contribution in [2.24, 2.45) is 0 Å². The Morgan fingerprint density at radius 2 is 1.75 bits per heavy atom. The molecule has 1 saturated heterocycles. The predicted octanol–water partition coefficient (Wildman–Crippen LogP) is 3.79. The van der Waals surface area contributed by atoms with Crippen LogP contribution in [-0.2, 0) is 19.5 Å². The Labute approximate surface area is 193 Å². The number of ketones is 1. The largest absolute Gasteiger partial charge is 0.454 e. The molecule has 7 nitrogen and oxygen atoms in total. The number of halogens is 1. The third kappa shape index (κ3) is 5.38. The van der Waals surface area contributed by atoms with E-state index in [1.807, 2.05) is 19.1 Å². The van der Waals surface area contributed by atoms with Gasteiger partial charge in [0.05, 0.1) is 22.8 Å². The van der Waals surface area contributed by atoms with Gasteiger partial charge >= 0.3 is 5.97 Å². The molecule has 0 aromatic heterocycles. The van der Waals surface area contributed by atoms with Gasteiger partial charge in [-0.2, -0.15) is 4.31 Å². The number of Topliss-reactive ketones (excluding diaryl/α,β-unsaturated/α-hetero) is 1. The number of esters is 1. The minimum atomic E-state index is -3.95. The fourth-order valence-electron chi connectivity index (χ4n) is 3.62. The summed E-state index contributed by atoms with van der Waals surface area (Å²) >= 11 is 6.17. The van der Waals surface area contributed by atoms with E-state index >= 15 is 0 Å². The highest BCUT2D eigenvalue weighted by atomic mass is 35.5. The van der Waals surface area contributed by atoms with Gasteiger partial charge in [-0.1, -0.05) is 29.3 Å². The maximum Gasteiger partial charge on any atom is 0.338 e. The van der Waals surface area contributed by atoms with E-state index in [1.54, 1.807) is 26.8 Å². The van der Waals surface area contributed by atoms with Crippen LogP contribution in [0.25, 0.3) is 0 Å². The van der Waals surface area contributed by atoms with E-state index in [9.17, 15) is 18.0 Å². The number of hydrogen-bond acceptors (Lipinski definition) is 6. The third-order valence-electron chi connectivity index (χ3n) is 5.20. The number of carbonyl (C=O) groups is 2. The summed E-state index contributed by atoms with van der Waals surface area (Å²) in [6, 6.07) is 9.36. The average molecular weight is 480 g/mol. The quantitative estimate of drug-likeness (QED) is 0.462. The van der Waals surface area contributed by atoms with Crippen LogP contribution in [0.15, 0.2) is 41.3 Å². The van der Waals surface area contributed by atoms with Gasteiger partial charge in [0, 0.05) is 18.7 Å². The normalized spacial score (nSPS) is 19.5. The molecule has 0 radical (unpaired) electrons. The third-order valence-corrected chi connectivity index (χ3v) is 7.51. The van der Waals surface area contributed by atoms with Crippen LogP contribution in [0.5, 0.6) is 0 Å². The van der Waals surface area contributed by atoms with E-state index in [0.29, 0.717) is 5.56 Å². The Morgan fingerprint density at radius 3 is 2.41 bits per heavy atom. The Hall–Kier alpha value is -2.26. The van der Waals surface area contributed by atoms with Crippen LogP contribution in [-0.4, -0.2) is 56.4 Å². The molecule has 2 unspecified atom stereocenters. The fourth-order valence-corrected chi connectivity index (χ4v) is 5.71. The highest BCUT2D eigenvalue weighted by molar-refractivity contribution is 7.89. The average Bonchev–Trinajstić information content (AvgIpc) is 2.73. The molecule has 2 aromatic rings. The first-order chi connectivity index (χ1) is 15.0. The van der Waals surface area contributed by atoms with Crippen LogP contribution in [0.3, 0.4) is 0 Å². The van der Waals surface area contributed by atoms with E-state index in [-0.39, 0.29) is 46.6 Å². The summed E-state index contributed by atoms with van der Waals surface area (Å²) in [6.45, 7) is 7.17. The zero-order chi connectivity index (χ0) is 23.6. The van der Waals surface area contributed by atoms with Crippen LogP contribution in [0.1, 0.15) is 45.7 Å². The molecule has 1 aliphatic heterocycles. The number of ether oxygens (including phenoxy) is 2. The predicted molar refractivity (Wildman–Crippen MR) is 121 cm³/mol. The fraction of sp³-hybridized carbons (Fsp3) is 0.391. The van der Waals surface area contributed by atoms with E-state index < -0.39 is 22.6 Å². The molecule has 0 spiro atoms. The molecule has 3 rings (SSSR count). The monoisotopic (exact) mass is 479 g/mol. The van der Waals surface area contributed by atoms with Crippen molar-refractivity contribution in [3.8, 4) is 0 Å². The Bertz CT molecular complexity index is 1140. The van der Waals surface area contributed by atoms with E-state index in [1.165, 1.54) is 22.5 Å². The molecule has 0 aliphatic carbocycles. The van der Waals surface area contributed by atoms with Crippen molar-refractivity contribution >= 4 is 33.4 Å². The molecule has 2 aromatic carbocycles. The highest BCUT2D eigenvalue weighted by Gasteiger charge is 2.34. The first-order valence-electron chi connectivity index (χ1n) is 10.2. The first-order valence-corrected chi connectivity index (χ1v) is 12.0. The van der Waals surface area contributed by atoms with Crippen molar-refractivity contribution in [1.82, 2.24) is 4.31 Å². The Morgan fingerprint density at radius 1 is 1.09 bits per heavy atom. The number of morpholine rings is 1. The van der Waals surface area contributed by atoms with Gasteiger partial charge in [-0.05, 0) is 57.5 Å². The van der Waals surface area contributed by atoms with Gasteiger partial charge in [-0.25, -0.2) is 13.2 Å². The highest BCUT2D eigenvalue weighted by Crippen LogP contribution is 2.28. The molecular formula is C23H26ClNO6S. The number of carbonyl (C=O) groups excluding carboxylic acids is 2. The van der Waals surface area contributed by atoms with E-state index in [2.05, 4.69) is 0 Å². The number of nitrogens with zero attached hydrogens (tertiary/aromatic N) is 1. The van der Waals surface area contributed by atoms with Gasteiger partial charge in [0.25, 0.3) is 0 Å². The molecule has 0 amide bonds. The maximum absolute atomic E-state index is 13.2. The molecule has 1 fully saturated rings. The molecule has 32 heavy (non-hydrogen) atoms. The molecular weight excluding hydrogens is 454 g/mol. The van der Waals surface area contributed by atoms with Crippen molar-refractivity contribution in [2.45, 2.75) is 44.8 Å². The summed E-state index contributed by atoms with van der Waals surface area (Å²) in [7, 11) is -3.95. The van der Waals surface area contributed by atoms with Gasteiger partial charge in [-0.3, -0.25) is 4.79 Å². The smallest absolute Gasteiger partial charge is 0.338 e. The van der Waals surface area contributed by atoms with Crippen molar-refractivity contribution in [2.75, 3.05) is 19.7 Å². The lowest BCUT2D eigenvalue weighted by molar-refractivity contribution is -0.0440. The summed E-state index contributed by atoms with van der Waals surface area (Å²) < 4.78 is 38.4. The van der Waals surface area contributed by atoms with Gasteiger partial charge in [0.1, 0.15) is 4.90 Å². The maximum atomic E-state index is 13.2. The van der Waals surface area contributed by atoms with Crippen molar-refractivity contribution in [1.29, 1.82) is 0 Å². The van der Waals surface area contributed by atoms with E-state index in [0.717, 1.165) is 11.1 Å². The molecule has 0 saturated carbocycles. The number of hydrogen-bond donors (Lipinski definition) is 0. The molecule has 2 atom stereocenters. The Kier molecular flexibility index (Phi) is 7.39. The molecule has 1 heterocycles. The van der Waals surface area contributed by atoms with Gasteiger partial charge in [-0.15, -0.1) is 0 Å². The molecule has 172 valence electrons. The number of benzene rings is 2. The lowest BCUT2D eigenvalue weighted by Gasteiger charge is -2.34. The van der Waals surface area contributed by atoms with Crippen molar-refractivity contribution < 1.29 is 27.5 Å². The van der Waals surface area contributed by atoms with Crippen LogP contribution in [0.2, 0.25) is 5.02 Å². The van der Waals surface area contributed by atoms with Gasteiger partial charge in [0.2, 0.25) is 15.8 Å². The standard InChI is InChI=1S/C23H26ClNO6S/c1-14-5-6-15(2)19(9-14)21(26)13-30-23(27)18-7-8-20(24)22(10-18)32(28,29)25-11-16(3)31-17(4)12-25/h5-10,16-17H,11-13H2,1-4H3. The second kappa shape index (κ2) is 9.70.